The number of allylic oxidation sites excluding steroid dienone is 1. The predicted molar refractivity (Wildman–Crippen MR) is 96.7 cm³/mol. The molecule has 0 saturated heterocycles. The van der Waals surface area contributed by atoms with Gasteiger partial charge in [0, 0.05) is 23.4 Å². The zero-order valence-electron chi connectivity index (χ0n) is 12.4. The van der Waals surface area contributed by atoms with E-state index in [-0.39, 0.29) is 11.3 Å². The average molecular weight is 372 g/mol. The molecule has 1 aliphatic carbocycles. The second-order valence-electron chi connectivity index (χ2n) is 5.63. The third-order valence-electron chi connectivity index (χ3n) is 4.25. The van der Waals surface area contributed by atoms with Crippen LogP contribution in [0.1, 0.15) is 15.9 Å². The van der Waals surface area contributed by atoms with Crippen molar-refractivity contribution in [1.82, 2.24) is 4.98 Å². The van der Waals surface area contributed by atoms with Gasteiger partial charge in [0.25, 0.3) is 0 Å². The number of aliphatic imine (C=N–C) groups is 1. The first kappa shape index (κ1) is 16.0. The molecular formula is C17H9FN2O3S2. The van der Waals surface area contributed by atoms with Crippen molar-refractivity contribution in [3.05, 3.63) is 58.6 Å². The third-order valence-corrected chi connectivity index (χ3v) is 5.18. The molecule has 1 aromatic heterocycles. The molecule has 1 aliphatic heterocycles. The molecule has 0 radical (unpaired) electrons. The summed E-state index contributed by atoms with van der Waals surface area (Å²) in [5.41, 5.74) is 2.53. The SMILES string of the molecule is O=C(O)C1(S)C(=O)c2ccc(-c3ccnc(F)c3)cc2C2=C(S)N=C21. The highest BCUT2D eigenvalue weighted by atomic mass is 32.1. The van der Waals surface area contributed by atoms with E-state index in [1.807, 2.05) is 0 Å². The van der Waals surface area contributed by atoms with Crippen molar-refractivity contribution in [2.24, 2.45) is 4.99 Å². The van der Waals surface area contributed by atoms with Crippen LogP contribution in [0.15, 0.2) is 46.6 Å². The summed E-state index contributed by atoms with van der Waals surface area (Å²) in [6, 6.07) is 7.75. The molecule has 0 bridgehead atoms. The zero-order chi connectivity index (χ0) is 17.9. The maximum absolute atomic E-state index is 13.4. The maximum Gasteiger partial charge on any atom is 0.333 e. The number of carboxylic acids is 1. The van der Waals surface area contributed by atoms with Crippen LogP contribution < -0.4 is 0 Å². The lowest BCUT2D eigenvalue weighted by Gasteiger charge is -2.36. The average Bonchev–Trinajstić information content (AvgIpc) is 2.57. The molecule has 0 fully saturated rings. The molecule has 1 N–H and O–H groups in total. The van der Waals surface area contributed by atoms with Gasteiger partial charge in [0.2, 0.25) is 10.7 Å². The minimum atomic E-state index is -2.03. The number of pyridine rings is 1. The van der Waals surface area contributed by atoms with Crippen LogP contribution in [0, 0.1) is 5.95 Å². The van der Waals surface area contributed by atoms with E-state index in [2.05, 4.69) is 35.2 Å². The van der Waals surface area contributed by atoms with E-state index < -0.39 is 22.4 Å². The standard InChI is InChI=1S/C17H9FN2O3S2/c18-11-6-8(3-4-19-11)7-1-2-9-10(5-7)12-13(20-15(12)24)17(25,14(9)21)16(22)23/h1-6,25H,(H,20,24)(H,22,23). The summed E-state index contributed by atoms with van der Waals surface area (Å²) in [7, 11) is 0. The first-order chi connectivity index (χ1) is 11.8. The Morgan fingerprint density at radius 2 is 1.88 bits per heavy atom. The number of hydrogen-bond donors (Lipinski definition) is 3. The van der Waals surface area contributed by atoms with Crippen molar-refractivity contribution in [2.45, 2.75) is 4.75 Å². The highest BCUT2D eigenvalue weighted by Gasteiger charge is 2.56. The van der Waals surface area contributed by atoms with E-state index in [4.69, 9.17) is 0 Å². The van der Waals surface area contributed by atoms with Gasteiger partial charge in [-0.25, -0.2) is 14.8 Å². The highest BCUT2D eigenvalue weighted by Crippen LogP contribution is 2.47. The van der Waals surface area contributed by atoms with Crippen LogP contribution in [0.5, 0.6) is 0 Å². The Bertz CT molecular complexity index is 1050. The summed E-state index contributed by atoms with van der Waals surface area (Å²) >= 11 is 8.34. The molecule has 1 unspecified atom stereocenters. The summed E-state index contributed by atoms with van der Waals surface area (Å²) in [4.78, 5) is 31.9. The third kappa shape index (κ3) is 2.11. The quantitative estimate of drug-likeness (QED) is 0.430. The van der Waals surface area contributed by atoms with Crippen molar-refractivity contribution >= 4 is 48.3 Å². The molecule has 0 amide bonds. The van der Waals surface area contributed by atoms with Crippen molar-refractivity contribution in [3.8, 4) is 11.1 Å². The summed E-state index contributed by atoms with van der Waals surface area (Å²) in [6.07, 6.45) is 1.35. The fourth-order valence-electron chi connectivity index (χ4n) is 2.99. The Balaban J connectivity index is 1.93. The number of carbonyl (C=O) groups is 2. The van der Waals surface area contributed by atoms with Crippen molar-refractivity contribution in [1.29, 1.82) is 0 Å². The molecule has 2 aromatic rings. The van der Waals surface area contributed by atoms with Gasteiger partial charge < -0.3 is 5.11 Å². The summed E-state index contributed by atoms with van der Waals surface area (Å²) < 4.78 is 11.3. The number of thiol groups is 2. The highest BCUT2D eigenvalue weighted by molar-refractivity contribution is 7.86. The van der Waals surface area contributed by atoms with Crippen LogP contribution in [-0.4, -0.2) is 32.3 Å². The first-order valence-corrected chi connectivity index (χ1v) is 8.03. The second kappa shape index (κ2) is 5.27. The van der Waals surface area contributed by atoms with Gasteiger partial charge in [-0.3, -0.25) is 4.79 Å². The Morgan fingerprint density at radius 3 is 2.52 bits per heavy atom. The van der Waals surface area contributed by atoms with Gasteiger partial charge in [0.05, 0.1) is 5.71 Å². The Morgan fingerprint density at radius 1 is 1.16 bits per heavy atom. The second-order valence-corrected chi connectivity index (χ2v) is 6.73. The molecule has 25 heavy (non-hydrogen) atoms. The number of fused-ring (bicyclic) bond motifs is 3. The van der Waals surface area contributed by atoms with Gasteiger partial charge in [-0.05, 0) is 28.8 Å². The molecule has 0 saturated carbocycles. The number of halogens is 1. The zero-order valence-corrected chi connectivity index (χ0v) is 14.2. The van der Waals surface area contributed by atoms with E-state index in [1.165, 1.54) is 18.3 Å². The number of nitrogens with zero attached hydrogens (tertiary/aromatic N) is 2. The molecule has 2 heterocycles. The van der Waals surface area contributed by atoms with E-state index in [0.717, 1.165) is 0 Å². The number of Topliss-reactive ketones (excluding diaryl/α,β-unsaturated/α-hetero) is 1. The summed E-state index contributed by atoms with van der Waals surface area (Å²) in [6.45, 7) is 0. The lowest BCUT2D eigenvalue weighted by Crippen LogP contribution is -2.53. The van der Waals surface area contributed by atoms with Crippen molar-refractivity contribution in [3.63, 3.8) is 0 Å². The molecule has 124 valence electrons. The van der Waals surface area contributed by atoms with Crippen molar-refractivity contribution in [2.75, 3.05) is 0 Å². The maximum atomic E-state index is 13.4. The molecule has 5 nitrogen and oxygen atoms in total. The number of benzene rings is 1. The van der Waals surface area contributed by atoms with Gasteiger partial charge in [-0.2, -0.15) is 4.39 Å². The monoisotopic (exact) mass is 372 g/mol. The number of aromatic nitrogens is 1. The van der Waals surface area contributed by atoms with Crippen LogP contribution in [0.25, 0.3) is 16.7 Å². The van der Waals surface area contributed by atoms with Crippen molar-refractivity contribution < 1.29 is 19.1 Å². The predicted octanol–water partition coefficient (Wildman–Crippen LogP) is 2.89. The van der Waals surface area contributed by atoms with Gasteiger partial charge in [0.15, 0.2) is 5.78 Å². The lowest BCUT2D eigenvalue weighted by atomic mass is 9.74. The van der Waals surface area contributed by atoms with E-state index >= 15 is 0 Å². The molecular weight excluding hydrogens is 363 g/mol. The molecule has 4 rings (SSSR count). The first-order valence-electron chi connectivity index (χ1n) is 7.13. The number of hydrogen-bond acceptors (Lipinski definition) is 6. The van der Waals surface area contributed by atoms with Gasteiger partial charge >= 0.3 is 5.97 Å². The van der Waals surface area contributed by atoms with Crippen LogP contribution in [0.2, 0.25) is 0 Å². The lowest BCUT2D eigenvalue weighted by molar-refractivity contribution is -0.136. The van der Waals surface area contributed by atoms with Crippen LogP contribution in [0.3, 0.4) is 0 Å². The Labute approximate surface area is 152 Å². The van der Waals surface area contributed by atoms with Gasteiger partial charge in [-0.1, -0.05) is 12.1 Å². The van der Waals surface area contributed by atoms with Gasteiger partial charge in [0.1, 0.15) is 5.03 Å². The fraction of sp³-hybridized carbons (Fsp3) is 0.0588. The fourth-order valence-corrected chi connectivity index (χ4v) is 3.60. The molecule has 1 atom stereocenters. The van der Waals surface area contributed by atoms with Gasteiger partial charge in [-0.15, -0.1) is 25.3 Å². The van der Waals surface area contributed by atoms with E-state index in [1.54, 1.807) is 18.2 Å². The van der Waals surface area contributed by atoms with E-state index in [9.17, 15) is 19.1 Å². The smallest absolute Gasteiger partial charge is 0.333 e. The Kier molecular flexibility index (Phi) is 3.38. The minimum absolute atomic E-state index is 0.0730. The summed E-state index contributed by atoms with van der Waals surface area (Å²) in [5, 5.41) is 9.83. The number of ketones is 1. The van der Waals surface area contributed by atoms with Crippen LogP contribution >= 0.6 is 25.3 Å². The minimum Gasteiger partial charge on any atom is -0.480 e. The number of carboxylic acid groups (broad SMARTS) is 1. The summed E-state index contributed by atoms with van der Waals surface area (Å²) in [5.74, 6) is -2.66. The molecule has 8 heteroatoms. The molecule has 2 aliphatic rings. The van der Waals surface area contributed by atoms with Crippen LogP contribution in [-0.2, 0) is 4.79 Å². The number of rotatable bonds is 2. The number of carbonyl (C=O) groups excluding carboxylic acids is 1. The number of aliphatic carboxylic acids is 1. The molecule has 0 spiro atoms. The topological polar surface area (TPSA) is 79.6 Å². The Hall–Kier alpha value is -2.45. The largest absolute Gasteiger partial charge is 0.480 e. The van der Waals surface area contributed by atoms with Crippen LogP contribution in [0.4, 0.5) is 4.39 Å². The normalized spacial score (nSPS) is 21.2. The molecule has 1 aromatic carbocycles. The van der Waals surface area contributed by atoms with E-state index in [0.29, 0.717) is 27.3 Å².